The molecule has 0 radical (unpaired) electrons. The highest BCUT2D eigenvalue weighted by Gasteiger charge is 2.19. The van der Waals surface area contributed by atoms with Gasteiger partial charge in [-0.3, -0.25) is 14.2 Å². The molecule has 4 rings (SSSR count). The summed E-state index contributed by atoms with van der Waals surface area (Å²) in [7, 11) is 0. The number of ether oxygens (including phenoxy) is 2. The van der Waals surface area contributed by atoms with E-state index < -0.39 is 6.29 Å². The van der Waals surface area contributed by atoms with Crippen molar-refractivity contribution >= 4 is 55.0 Å². The SMILES string of the molecule is CCOC(CCn1c(SCC(=O)Nc2ccc(F)cc2)nc2c(sc3ccccc32)c1=O)OCC. The quantitative estimate of drug-likeness (QED) is 0.166. The molecule has 0 unspecified atom stereocenters. The largest absolute Gasteiger partial charge is 0.353 e. The molecular formula is C25H26FN3O4S2. The molecule has 7 nitrogen and oxygen atoms in total. The second kappa shape index (κ2) is 11.8. The van der Waals surface area contributed by atoms with E-state index in [1.54, 1.807) is 4.57 Å². The van der Waals surface area contributed by atoms with Gasteiger partial charge < -0.3 is 14.8 Å². The molecule has 35 heavy (non-hydrogen) atoms. The monoisotopic (exact) mass is 515 g/mol. The number of nitrogens with zero attached hydrogens (tertiary/aromatic N) is 2. The van der Waals surface area contributed by atoms with Crippen molar-refractivity contribution in [2.45, 2.75) is 38.3 Å². The van der Waals surface area contributed by atoms with Gasteiger partial charge in [0.25, 0.3) is 5.56 Å². The zero-order valence-corrected chi connectivity index (χ0v) is 21.1. The molecule has 10 heteroatoms. The molecule has 184 valence electrons. The van der Waals surface area contributed by atoms with Crippen molar-refractivity contribution < 1.29 is 18.7 Å². The second-order valence-corrected chi connectivity index (χ2v) is 9.59. The lowest BCUT2D eigenvalue weighted by molar-refractivity contribution is -0.141. The maximum Gasteiger partial charge on any atom is 0.272 e. The van der Waals surface area contributed by atoms with Crippen LogP contribution in [0, 0.1) is 5.82 Å². The van der Waals surface area contributed by atoms with Gasteiger partial charge in [-0.15, -0.1) is 11.3 Å². The molecule has 0 saturated carbocycles. The molecule has 0 aliphatic rings. The van der Waals surface area contributed by atoms with Gasteiger partial charge in [0, 0.05) is 42.0 Å². The molecular weight excluding hydrogens is 489 g/mol. The van der Waals surface area contributed by atoms with E-state index in [1.807, 2.05) is 38.1 Å². The van der Waals surface area contributed by atoms with Gasteiger partial charge in [0.1, 0.15) is 10.5 Å². The molecule has 2 aromatic heterocycles. The van der Waals surface area contributed by atoms with Gasteiger partial charge in [0.15, 0.2) is 11.4 Å². The highest BCUT2D eigenvalue weighted by atomic mass is 32.2. The first-order valence-corrected chi connectivity index (χ1v) is 13.1. The Morgan fingerprint density at radius 1 is 1.14 bits per heavy atom. The first-order chi connectivity index (χ1) is 17.0. The predicted molar refractivity (Wildman–Crippen MR) is 139 cm³/mol. The van der Waals surface area contributed by atoms with Crippen LogP contribution >= 0.6 is 23.1 Å². The van der Waals surface area contributed by atoms with Crippen LogP contribution in [0.25, 0.3) is 20.3 Å². The number of halogens is 1. The summed E-state index contributed by atoms with van der Waals surface area (Å²) in [5, 5.41) is 4.10. The molecule has 0 fully saturated rings. The maximum absolute atomic E-state index is 13.5. The minimum Gasteiger partial charge on any atom is -0.353 e. The van der Waals surface area contributed by atoms with Gasteiger partial charge in [-0.1, -0.05) is 30.0 Å². The number of hydrogen-bond donors (Lipinski definition) is 1. The first kappa shape index (κ1) is 25.3. The molecule has 1 N–H and O–H groups in total. The molecule has 0 aliphatic carbocycles. The molecule has 4 aromatic rings. The molecule has 0 spiro atoms. The lowest BCUT2D eigenvalue weighted by Gasteiger charge is -2.18. The number of thiophene rings is 1. The Hall–Kier alpha value is -2.79. The lowest BCUT2D eigenvalue weighted by atomic mass is 10.2. The number of thioether (sulfide) groups is 1. The third kappa shape index (κ3) is 6.07. The van der Waals surface area contributed by atoms with Crippen LogP contribution in [0.3, 0.4) is 0 Å². The van der Waals surface area contributed by atoms with Gasteiger partial charge in [-0.25, -0.2) is 9.37 Å². The highest BCUT2D eigenvalue weighted by Crippen LogP contribution is 2.32. The fourth-order valence-electron chi connectivity index (χ4n) is 3.64. The molecule has 0 aliphatic heterocycles. The number of anilines is 1. The van der Waals surface area contributed by atoms with Crippen LogP contribution < -0.4 is 10.9 Å². The van der Waals surface area contributed by atoms with Crippen LogP contribution in [0.15, 0.2) is 58.5 Å². The molecule has 0 atom stereocenters. The zero-order chi connectivity index (χ0) is 24.8. The Labute approximate surface area is 210 Å². The van der Waals surface area contributed by atoms with E-state index in [0.29, 0.717) is 47.2 Å². The average Bonchev–Trinajstić information content (AvgIpc) is 3.23. The molecule has 0 bridgehead atoms. The minimum absolute atomic E-state index is 0.0394. The van der Waals surface area contributed by atoms with Gasteiger partial charge in [0.05, 0.1) is 11.3 Å². The lowest BCUT2D eigenvalue weighted by Crippen LogP contribution is -2.27. The van der Waals surface area contributed by atoms with Gasteiger partial charge in [-0.05, 0) is 44.2 Å². The molecule has 1 amide bonds. The topological polar surface area (TPSA) is 82.5 Å². The number of hydrogen-bond acceptors (Lipinski definition) is 7. The van der Waals surface area contributed by atoms with Crippen molar-refractivity contribution in [3.63, 3.8) is 0 Å². The van der Waals surface area contributed by atoms with Crippen molar-refractivity contribution in [3.05, 3.63) is 64.7 Å². The van der Waals surface area contributed by atoms with E-state index in [9.17, 15) is 14.0 Å². The standard InChI is InChI=1S/C25H26FN3O4S2/c1-3-32-21(33-4-2)13-14-29-24(31)23-22(18-7-5-6-8-19(18)35-23)28-25(29)34-15-20(30)27-17-11-9-16(26)10-12-17/h5-12,21H,3-4,13-15H2,1-2H3,(H,27,30). The van der Waals surface area contributed by atoms with Crippen LogP contribution in [0.2, 0.25) is 0 Å². The molecule has 2 aromatic carbocycles. The van der Waals surface area contributed by atoms with Crippen molar-refractivity contribution in [2.24, 2.45) is 0 Å². The highest BCUT2D eigenvalue weighted by molar-refractivity contribution is 7.99. The Balaban J connectivity index is 1.62. The fraction of sp³-hybridized carbons (Fsp3) is 0.320. The second-order valence-electron chi connectivity index (χ2n) is 7.60. The number of benzene rings is 2. The summed E-state index contributed by atoms with van der Waals surface area (Å²) in [4.78, 5) is 30.9. The number of carbonyl (C=O) groups excluding carboxylic acids is 1. The Bertz CT molecular complexity index is 1370. The first-order valence-electron chi connectivity index (χ1n) is 11.3. The Morgan fingerprint density at radius 2 is 1.86 bits per heavy atom. The molecule has 2 heterocycles. The summed E-state index contributed by atoms with van der Waals surface area (Å²) >= 11 is 2.60. The van der Waals surface area contributed by atoms with E-state index >= 15 is 0 Å². The van der Waals surface area contributed by atoms with Crippen LogP contribution in [0.1, 0.15) is 20.3 Å². The normalized spacial score (nSPS) is 11.5. The number of amides is 1. The van der Waals surface area contributed by atoms with Crippen LogP contribution in [-0.4, -0.2) is 40.7 Å². The average molecular weight is 516 g/mol. The summed E-state index contributed by atoms with van der Waals surface area (Å²) in [6.45, 7) is 5.12. The fourth-order valence-corrected chi connectivity index (χ4v) is 5.55. The van der Waals surface area contributed by atoms with Crippen molar-refractivity contribution in [2.75, 3.05) is 24.3 Å². The summed E-state index contributed by atoms with van der Waals surface area (Å²) in [6.07, 6.45) is 0.0317. The van der Waals surface area contributed by atoms with Gasteiger partial charge in [0.2, 0.25) is 5.91 Å². The van der Waals surface area contributed by atoms with Gasteiger partial charge in [-0.2, -0.15) is 0 Å². The third-order valence-corrected chi connectivity index (χ3v) is 7.33. The van der Waals surface area contributed by atoms with Gasteiger partial charge >= 0.3 is 0 Å². The minimum atomic E-state index is -0.436. The van der Waals surface area contributed by atoms with Crippen LogP contribution in [0.4, 0.5) is 10.1 Å². The van der Waals surface area contributed by atoms with E-state index in [2.05, 4.69) is 5.32 Å². The van der Waals surface area contributed by atoms with E-state index in [1.165, 1.54) is 47.4 Å². The van der Waals surface area contributed by atoms with E-state index in [0.717, 1.165) is 10.1 Å². The maximum atomic E-state index is 13.5. The number of rotatable bonds is 11. The zero-order valence-electron chi connectivity index (χ0n) is 19.5. The Morgan fingerprint density at radius 3 is 2.57 bits per heavy atom. The summed E-state index contributed by atoms with van der Waals surface area (Å²) in [5.41, 5.74) is 0.988. The van der Waals surface area contributed by atoms with E-state index in [4.69, 9.17) is 14.5 Å². The summed E-state index contributed by atoms with van der Waals surface area (Å²) in [5.74, 6) is -0.615. The summed E-state index contributed by atoms with van der Waals surface area (Å²) < 4.78 is 27.6. The van der Waals surface area contributed by atoms with Crippen LogP contribution in [-0.2, 0) is 20.8 Å². The Kier molecular flexibility index (Phi) is 8.50. The third-order valence-electron chi connectivity index (χ3n) is 5.20. The van der Waals surface area contributed by atoms with Crippen molar-refractivity contribution in [3.8, 4) is 0 Å². The number of nitrogens with one attached hydrogen (secondary N) is 1. The van der Waals surface area contributed by atoms with Crippen LogP contribution in [0.5, 0.6) is 0 Å². The smallest absolute Gasteiger partial charge is 0.272 e. The number of fused-ring (bicyclic) bond motifs is 3. The predicted octanol–water partition coefficient (Wildman–Crippen LogP) is 5.27. The van der Waals surface area contributed by atoms with Crippen molar-refractivity contribution in [1.82, 2.24) is 9.55 Å². The van der Waals surface area contributed by atoms with Crippen molar-refractivity contribution in [1.29, 1.82) is 0 Å². The summed E-state index contributed by atoms with van der Waals surface area (Å²) in [6, 6.07) is 13.3. The molecule has 0 saturated heterocycles. The van der Waals surface area contributed by atoms with E-state index in [-0.39, 0.29) is 23.0 Å². The number of carbonyl (C=O) groups is 1. The number of aromatic nitrogens is 2.